The molecule has 0 saturated heterocycles. The third kappa shape index (κ3) is 35.1. The van der Waals surface area contributed by atoms with E-state index in [1.54, 1.807) is 0 Å². The van der Waals surface area contributed by atoms with Crippen molar-refractivity contribution in [1.29, 1.82) is 0 Å². The minimum atomic E-state index is -4.50. The number of carbonyl (C=O) groups excluding carboxylic acids is 1. The van der Waals surface area contributed by atoms with Gasteiger partial charge in [-0.1, -0.05) is 168 Å². The molecule has 9 nitrogen and oxygen atoms in total. The number of hydrogen-bond acceptors (Lipinski definition) is 8. The van der Waals surface area contributed by atoms with E-state index in [1.165, 1.54) is 135 Å². The van der Waals surface area contributed by atoms with Crippen molar-refractivity contribution in [3.63, 3.8) is 0 Å². The number of esters is 1. The topological polar surface area (TPSA) is 132 Å². The third-order valence-corrected chi connectivity index (χ3v) is 9.49. The van der Waals surface area contributed by atoms with Crippen molar-refractivity contribution >= 4 is 13.8 Å². The van der Waals surface area contributed by atoms with Crippen LogP contribution in [0.2, 0.25) is 0 Å². The van der Waals surface area contributed by atoms with Crippen LogP contribution in [0.15, 0.2) is 0 Å². The van der Waals surface area contributed by atoms with Gasteiger partial charge in [0.15, 0.2) is 0 Å². The van der Waals surface area contributed by atoms with Crippen LogP contribution in [0.3, 0.4) is 0 Å². The van der Waals surface area contributed by atoms with Crippen LogP contribution in [0.4, 0.5) is 0 Å². The van der Waals surface area contributed by atoms with Crippen LogP contribution in [0.25, 0.3) is 0 Å². The van der Waals surface area contributed by atoms with Crippen LogP contribution in [0.1, 0.15) is 187 Å². The zero-order chi connectivity index (χ0) is 34.7. The minimum absolute atomic E-state index is 0.0574. The maximum atomic E-state index is 12.5. The van der Waals surface area contributed by atoms with Crippen LogP contribution < -0.4 is 0 Å². The molecule has 47 heavy (non-hydrogen) atoms. The summed E-state index contributed by atoms with van der Waals surface area (Å²) in [5.41, 5.74) is 0. The Bertz CT molecular complexity index is 709. The zero-order valence-electron chi connectivity index (χ0n) is 30.5. The van der Waals surface area contributed by atoms with Gasteiger partial charge in [0.2, 0.25) is 0 Å². The molecule has 0 aliphatic rings. The van der Waals surface area contributed by atoms with Crippen molar-refractivity contribution in [2.45, 2.75) is 199 Å². The second-order valence-electron chi connectivity index (χ2n) is 13.3. The molecule has 0 aromatic carbocycles. The first-order valence-electron chi connectivity index (χ1n) is 19.5. The highest BCUT2D eigenvalue weighted by atomic mass is 31.2. The first kappa shape index (κ1) is 46.5. The molecule has 10 heteroatoms. The van der Waals surface area contributed by atoms with Crippen LogP contribution >= 0.6 is 7.82 Å². The van der Waals surface area contributed by atoms with Crippen LogP contribution in [-0.4, -0.2) is 66.3 Å². The van der Waals surface area contributed by atoms with Gasteiger partial charge in [0.25, 0.3) is 0 Å². The first-order chi connectivity index (χ1) is 22.8. The molecule has 3 unspecified atom stereocenters. The number of phosphoric acid groups is 1. The Morgan fingerprint density at radius 3 is 1.38 bits per heavy atom. The molecule has 0 aliphatic carbocycles. The van der Waals surface area contributed by atoms with E-state index in [9.17, 15) is 19.4 Å². The van der Waals surface area contributed by atoms with E-state index in [-0.39, 0.29) is 25.6 Å². The fourth-order valence-corrected chi connectivity index (χ4v) is 6.32. The van der Waals surface area contributed by atoms with E-state index in [1.807, 2.05) is 0 Å². The lowest BCUT2D eigenvalue weighted by atomic mass is 10.0. The molecule has 0 radical (unpaired) electrons. The maximum Gasteiger partial charge on any atom is 0.472 e. The predicted octanol–water partition coefficient (Wildman–Crippen LogP) is 9.97. The van der Waals surface area contributed by atoms with Gasteiger partial charge in [0.05, 0.1) is 26.4 Å². The van der Waals surface area contributed by atoms with Gasteiger partial charge in [-0.05, 0) is 12.8 Å². The molecule has 0 bridgehead atoms. The third-order valence-electron chi connectivity index (χ3n) is 8.54. The van der Waals surface area contributed by atoms with E-state index in [4.69, 9.17) is 23.6 Å². The number of rotatable bonds is 38. The number of unbranched alkanes of at least 4 members (excludes halogenated alkanes) is 24. The van der Waals surface area contributed by atoms with E-state index < -0.39 is 33.2 Å². The molecule has 0 rings (SSSR count). The fourth-order valence-electron chi connectivity index (χ4n) is 5.53. The van der Waals surface area contributed by atoms with Crippen molar-refractivity contribution < 1.29 is 43.0 Å². The summed E-state index contributed by atoms with van der Waals surface area (Å²) in [7, 11) is -4.50. The van der Waals surface area contributed by atoms with E-state index in [0.717, 1.165) is 32.1 Å². The van der Waals surface area contributed by atoms with Crippen LogP contribution in [0, 0.1) is 0 Å². The Kier molecular flexibility index (Phi) is 34.9. The van der Waals surface area contributed by atoms with Crippen molar-refractivity contribution in [1.82, 2.24) is 0 Å². The van der Waals surface area contributed by atoms with Crippen LogP contribution in [0.5, 0.6) is 0 Å². The number of aliphatic hydroxyl groups is 2. The van der Waals surface area contributed by atoms with Gasteiger partial charge in [-0.15, -0.1) is 0 Å². The summed E-state index contributed by atoms with van der Waals surface area (Å²) in [6, 6.07) is 0. The van der Waals surface area contributed by atoms with Gasteiger partial charge in [-0.2, -0.15) is 0 Å². The van der Waals surface area contributed by atoms with Crippen molar-refractivity contribution in [3.05, 3.63) is 0 Å². The number of carbonyl (C=O) groups is 1. The summed E-state index contributed by atoms with van der Waals surface area (Å²) in [6.45, 7) is 3.55. The maximum absolute atomic E-state index is 12.5. The summed E-state index contributed by atoms with van der Waals surface area (Å²) in [4.78, 5) is 22.5. The smallest absolute Gasteiger partial charge is 0.457 e. The SMILES string of the molecule is CCCCCCCCCCCCCCCOCC(COP(=O)(O)OCC(O)CO)OC(=O)CCCCCCCCCCCCCCC. The number of aliphatic hydroxyl groups excluding tert-OH is 2. The molecule has 0 saturated carbocycles. The van der Waals surface area contributed by atoms with Gasteiger partial charge in [0, 0.05) is 13.0 Å². The standard InChI is InChI=1S/C37H75O9P/c1-3-5-7-9-11-13-15-17-19-21-23-25-27-29-37(40)46-36(34-45-47(41,42)44-32-35(39)31-38)33-43-30-28-26-24-22-20-18-16-14-12-10-8-6-4-2/h35-36,38-39H,3-34H2,1-2H3,(H,41,42). The molecular weight excluding hydrogens is 619 g/mol. The lowest BCUT2D eigenvalue weighted by molar-refractivity contribution is -0.154. The molecule has 0 heterocycles. The Balaban J connectivity index is 4.19. The van der Waals surface area contributed by atoms with Gasteiger partial charge >= 0.3 is 13.8 Å². The molecule has 3 atom stereocenters. The highest BCUT2D eigenvalue weighted by Gasteiger charge is 2.26. The number of ether oxygens (including phenoxy) is 2. The second kappa shape index (κ2) is 35.3. The van der Waals surface area contributed by atoms with E-state index in [0.29, 0.717) is 6.61 Å². The summed E-state index contributed by atoms with van der Waals surface area (Å²) in [5, 5.41) is 18.3. The summed E-state index contributed by atoms with van der Waals surface area (Å²) < 4.78 is 33.2. The fraction of sp³-hybridized carbons (Fsp3) is 0.973. The molecule has 0 aromatic heterocycles. The summed E-state index contributed by atoms with van der Waals surface area (Å²) in [5.74, 6) is -0.379. The van der Waals surface area contributed by atoms with Gasteiger partial charge in [-0.25, -0.2) is 4.57 Å². The Hall–Kier alpha value is -0.540. The van der Waals surface area contributed by atoms with Crippen molar-refractivity contribution in [3.8, 4) is 0 Å². The number of hydrogen-bond donors (Lipinski definition) is 3. The van der Waals surface area contributed by atoms with Crippen LogP contribution in [-0.2, 0) is 27.9 Å². The zero-order valence-corrected chi connectivity index (χ0v) is 31.4. The predicted molar refractivity (Wildman–Crippen MR) is 192 cm³/mol. The molecule has 0 amide bonds. The van der Waals surface area contributed by atoms with Crippen molar-refractivity contribution in [2.24, 2.45) is 0 Å². The second-order valence-corrected chi connectivity index (χ2v) is 14.8. The Morgan fingerprint density at radius 1 is 0.574 bits per heavy atom. The lowest BCUT2D eigenvalue weighted by Crippen LogP contribution is -2.29. The van der Waals surface area contributed by atoms with Crippen molar-refractivity contribution in [2.75, 3.05) is 33.0 Å². The molecule has 0 fully saturated rings. The minimum Gasteiger partial charge on any atom is -0.457 e. The first-order valence-corrected chi connectivity index (χ1v) is 21.0. The summed E-state index contributed by atoms with van der Waals surface area (Å²) >= 11 is 0. The molecule has 0 aliphatic heterocycles. The quantitative estimate of drug-likeness (QED) is 0.0328. The molecular formula is C37H75O9P. The van der Waals surface area contributed by atoms with Gasteiger partial charge in [0.1, 0.15) is 12.2 Å². The molecule has 0 spiro atoms. The normalized spacial score (nSPS) is 14.2. The highest BCUT2D eigenvalue weighted by Crippen LogP contribution is 2.43. The Labute approximate surface area is 288 Å². The highest BCUT2D eigenvalue weighted by molar-refractivity contribution is 7.47. The average Bonchev–Trinajstić information content (AvgIpc) is 3.06. The average molecular weight is 695 g/mol. The Morgan fingerprint density at radius 2 is 0.957 bits per heavy atom. The molecule has 282 valence electrons. The number of phosphoric ester groups is 1. The van der Waals surface area contributed by atoms with E-state index in [2.05, 4.69) is 13.8 Å². The summed E-state index contributed by atoms with van der Waals surface area (Å²) in [6.07, 6.45) is 30.5. The largest absolute Gasteiger partial charge is 0.472 e. The van der Waals surface area contributed by atoms with Gasteiger partial charge < -0.3 is 24.6 Å². The molecule has 0 aromatic rings. The lowest BCUT2D eigenvalue weighted by Gasteiger charge is -2.20. The monoisotopic (exact) mass is 695 g/mol. The molecule has 3 N–H and O–H groups in total. The van der Waals surface area contributed by atoms with Gasteiger partial charge in [-0.3, -0.25) is 13.8 Å². The van der Waals surface area contributed by atoms with E-state index >= 15 is 0 Å².